The van der Waals surface area contributed by atoms with E-state index in [0.717, 1.165) is 5.69 Å². The fourth-order valence-electron chi connectivity index (χ4n) is 5.99. The van der Waals surface area contributed by atoms with Gasteiger partial charge >= 0.3 is 0 Å². The van der Waals surface area contributed by atoms with Crippen LogP contribution >= 0.6 is 23.5 Å². The minimum atomic E-state index is -2.74. The van der Waals surface area contributed by atoms with Crippen LogP contribution < -0.4 is 10.4 Å². The third-order valence-electron chi connectivity index (χ3n) is 8.15. The van der Waals surface area contributed by atoms with Crippen molar-refractivity contribution in [3.63, 3.8) is 0 Å². The van der Waals surface area contributed by atoms with Crippen molar-refractivity contribution in [1.29, 1.82) is 0 Å². The van der Waals surface area contributed by atoms with Crippen LogP contribution in [-0.2, 0) is 15.8 Å². The Bertz CT molecular complexity index is 1620. The number of thioether (sulfide) groups is 2. The molecule has 1 saturated heterocycles. The van der Waals surface area contributed by atoms with Crippen molar-refractivity contribution in [3.8, 4) is 23.2 Å². The molecular formula is C34H39N3O5S2Si. The van der Waals surface area contributed by atoms with Crippen LogP contribution in [0.4, 0.5) is 0 Å². The lowest BCUT2D eigenvalue weighted by Crippen LogP contribution is -2.66. The molecular weight excluding hydrogens is 623 g/mol. The van der Waals surface area contributed by atoms with Gasteiger partial charge < -0.3 is 22.4 Å². The molecule has 3 aromatic heterocycles. The number of hydrogen-bond donors (Lipinski definition) is 0. The van der Waals surface area contributed by atoms with E-state index in [0.29, 0.717) is 33.6 Å². The van der Waals surface area contributed by atoms with E-state index >= 15 is 0 Å². The van der Waals surface area contributed by atoms with Crippen molar-refractivity contribution in [1.82, 2.24) is 15.0 Å². The van der Waals surface area contributed by atoms with Gasteiger partial charge in [-0.05, 0) is 33.3 Å². The summed E-state index contributed by atoms with van der Waals surface area (Å²) in [5, 5.41) is 2.23. The van der Waals surface area contributed by atoms with Crippen LogP contribution in [0.1, 0.15) is 51.8 Å². The first-order valence-electron chi connectivity index (χ1n) is 15.2. The topological polar surface area (TPSA) is 96.6 Å². The van der Waals surface area contributed by atoms with Crippen LogP contribution in [0.25, 0.3) is 23.2 Å². The molecule has 1 aliphatic rings. The molecule has 0 saturated carbocycles. The second kappa shape index (κ2) is 13.7. The van der Waals surface area contributed by atoms with Crippen molar-refractivity contribution in [2.24, 2.45) is 5.92 Å². The number of rotatable bonds is 11. The minimum Gasteiger partial charge on any atom is -0.446 e. The molecule has 1 fully saturated rings. The number of nitrogens with zero attached hydrogens (tertiary/aromatic N) is 3. The summed E-state index contributed by atoms with van der Waals surface area (Å²) in [5.74, 6) is 3.77. The SMILES string of the molecule is CO[C@@H](c1coc(-c2coc(-c3coc(CO[Si](c4ccccc4)(c4ccccc4)C(C)(C)C)n3)n2)n1)[C@@H](C)C1SCCCS1. The Kier molecular flexibility index (Phi) is 9.72. The van der Waals surface area contributed by atoms with E-state index in [9.17, 15) is 0 Å². The monoisotopic (exact) mass is 661 g/mol. The van der Waals surface area contributed by atoms with E-state index in [1.807, 2.05) is 35.7 Å². The van der Waals surface area contributed by atoms with Gasteiger partial charge in [-0.3, -0.25) is 0 Å². The molecule has 5 aromatic rings. The first kappa shape index (κ1) is 31.9. The van der Waals surface area contributed by atoms with Gasteiger partial charge in [-0.2, -0.15) is 0 Å². The smallest absolute Gasteiger partial charge is 0.261 e. The number of hydrogen-bond acceptors (Lipinski definition) is 10. The van der Waals surface area contributed by atoms with Crippen molar-refractivity contribution in [3.05, 3.63) is 91.0 Å². The van der Waals surface area contributed by atoms with Gasteiger partial charge in [-0.15, -0.1) is 23.5 Å². The summed E-state index contributed by atoms with van der Waals surface area (Å²) in [5.41, 5.74) is 1.71. The Morgan fingerprint density at radius 1 is 0.822 bits per heavy atom. The summed E-state index contributed by atoms with van der Waals surface area (Å²) >= 11 is 3.99. The van der Waals surface area contributed by atoms with E-state index in [2.05, 4.69) is 86.2 Å². The van der Waals surface area contributed by atoms with Crippen LogP contribution in [0.15, 0.2) is 92.7 Å². The minimum absolute atomic E-state index is 0.162. The molecule has 4 heterocycles. The molecule has 0 unspecified atom stereocenters. The molecule has 6 rings (SSSR count). The zero-order chi connectivity index (χ0) is 31.4. The van der Waals surface area contributed by atoms with Gasteiger partial charge in [0.05, 0.1) is 4.58 Å². The number of ether oxygens (including phenoxy) is 1. The Labute approximate surface area is 273 Å². The predicted molar refractivity (Wildman–Crippen MR) is 182 cm³/mol. The second-order valence-corrected chi connectivity index (χ2v) is 19.3. The number of oxazole rings is 3. The number of benzene rings is 2. The van der Waals surface area contributed by atoms with Gasteiger partial charge in [0.25, 0.3) is 8.32 Å². The first-order chi connectivity index (χ1) is 21.8. The standard InChI is InChI=1S/C34H39N3O5S2Si/c1-23(33-43-17-12-18-44-33)30(38-5)26-19-40-32(36-26)28-21-41-31(37-28)27-20-39-29(35-27)22-42-45(34(2,3)4,24-13-8-6-9-14-24)25-15-10-7-11-16-25/h6-11,13-16,19-21,23,30,33H,12,17-18,22H2,1-5H3/t23-,30-/m1/s1. The summed E-state index contributed by atoms with van der Waals surface area (Å²) in [7, 11) is -1.02. The molecule has 236 valence electrons. The average molecular weight is 662 g/mol. The van der Waals surface area contributed by atoms with Crippen LogP contribution in [0.5, 0.6) is 0 Å². The summed E-state index contributed by atoms with van der Waals surface area (Å²) in [4.78, 5) is 14.0. The van der Waals surface area contributed by atoms with Crippen LogP contribution in [0, 0.1) is 5.92 Å². The van der Waals surface area contributed by atoms with Crippen molar-refractivity contribution >= 4 is 42.2 Å². The lowest BCUT2D eigenvalue weighted by atomic mass is 10.0. The fourth-order valence-corrected chi connectivity index (χ4v) is 13.6. The average Bonchev–Trinajstić information content (AvgIpc) is 3.84. The van der Waals surface area contributed by atoms with E-state index < -0.39 is 8.32 Å². The summed E-state index contributed by atoms with van der Waals surface area (Å²) < 4.78 is 30.8. The Balaban J connectivity index is 1.20. The molecule has 0 radical (unpaired) electrons. The van der Waals surface area contributed by atoms with Gasteiger partial charge in [0, 0.05) is 13.0 Å². The van der Waals surface area contributed by atoms with Gasteiger partial charge in [0.1, 0.15) is 37.2 Å². The Morgan fingerprint density at radius 2 is 1.40 bits per heavy atom. The van der Waals surface area contributed by atoms with E-state index in [-0.39, 0.29) is 23.7 Å². The van der Waals surface area contributed by atoms with E-state index in [1.54, 1.807) is 19.6 Å². The van der Waals surface area contributed by atoms with Crippen molar-refractivity contribution in [2.45, 2.75) is 56.4 Å². The molecule has 0 bridgehead atoms. The van der Waals surface area contributed by atoms with Gasteiger partial charge in [-0.25, -0.2) is 15.0 Å². The Hall–Kier alpha value is -3.09. The van der Waals surface area contributed by atoms with Crippen LogP contribution in [0.3, 0.4) is 0 Å². The maximum absolute atomic E-state index is 6.97. The van der Waals surface area contributed by atoms with Gasteiger partial charge in [0.2, 0.25) is 17.7 Å². The molecule has 45 heavy (non-hydrogen) atoms. The molecule has 0 amide bonds. The first-order valence-corrected chi connectivity index (χ1v) is 19.2. The quantitative estimate of drug-likeness (QED) is 0.132. The highest BCUT2D eigenvalue weighted by atomic mass is 32.2. The number of aromatic nitrogens is 3. The fraction of sp³-hybridized carbons (Fsp3) is 0.382. The molecule has 2 aromatic carbocycles. The molecule has 1 aliphatic heterocycles. The lowest BCUT2D eigenvalue weighted by Gasteiger charge is -2.42. The zero-order valence-electron chi connectivity index (χ0n) is 26.3. The van der Waals surface area contributed by atoms with Crippen LogP contribution in [0.2, 0.25) is 5.04 Å². The largest absolute Gasteiger partial charge is 0.446 e. The summed E-state index contributed by atoms with van der Waals surface area (Å²) in [6.45, 7) is 9.15. The maximum atomic E-state index is 6.97. The van der Waals surface area contributed by atoms with Crippen molar-refractivity contribution in [2.75, 3.05) is 18.6 Å². The molecule has 0 N–H and O–H groups in total. The highest BCUT2D eigenvalue weighted by Crippen LogP contribution is 2.42. The highest BCUT2D eigenvalue weighted by Gasteiger charge is 2.50. The Morgan fingerprint density at radius 3 is 2.02 bits per heavy atom. The molecule has 2 atom stereocenters. The third kappa shape index (κ3) is 6.59. The third-order valence-corrected chi connectivity index (χ3v) is 16.5. The molecule has 0 aliphatic carbocycles. The van der Waals surface area contributed by atoms with Crippen LogP contribution in [-0.4, -0.2) is 46.5 Å². The highest BCUT2D eigenvalue weighted by molar-refractivity contribution is 8.17. The van der Waals surface area contributed by atoms with Crippen molar-refractivity contribution < 1.29 is 22.4 Å². The zero-order valence-corrected chi connectivity index (χ0v) is 28.9. The predicted octanol–water partition coefficient (Wildman–Crippen LogP) is 7.58. The van der Waals surface area contributed by atoms with E-state index in [4.69, 9.17) is 27.4 Å². The molecule has 0 spiro atoms. The van der Waals surface area contributed by atoms with Gasteiger partial charge in [-0.1, -0.05) is 88.4 Å². The number of methoxy groups -OCH3 is 1. The van der Waals surface area contributed by atoms with Gasteiger partial charge in [0.15, 0.2) is 11.4 Å². The van der Waals surface area contributed by atoms with E-state index in [1.165, 1.54) is 34.6 Å². The lowest BCUT2D eigenvalue weighted by molar-refractivity contribution is 0.0602. The second-order valence-electron chi connectivity index (χ2n) is 12.2. The summed E-state index contributed by atoms with van der Waals surface area (Å²) in [6.07, 6.45) is 5.80. The molecule has 11 heteroatoms. The normalized spacial score (nSPS) is 16.1. The maximum Gasteiger partial charge on any atom is 0.261 e. The summed E-state index contributed by atoms with van der Waals surface area (Å²) in [6, 6.07) is 21.0. The molecule has 8 nitrogen and oxygen atoms in total.